The van der Waals surface area contributed by atoms with E-state index < -0.39 is 0 Å². The summed E-state index contributed by atoms with van der Waals surface area (Å²) in [4.78, 5) is 12.5. The molecular formula is C22H21N5OS. The third-order valence-electron chi connectivity index (χ3n) is 4.58. The van der Waals surface area contributed by atoms with E-state index in [1.54, 1.807) is 4.52 Å². The molecule has 0 saturated heterocycles. The maximum absolute atomic E-state index is 12.5. The number of rotatable bonds is 5. The van der Waals surface area contributed by atoms with Gasteiger partial charge >= 0.3 is 0 Å². The minimum absolute atomic E-state index is 0.0824. The Morgan fingerprint density at radius 1 is 1.00 bits per heavy atom. The molecule has 6 nitrogen and oxygen atoms in total. The number of nitrogens with one attached hydrogen (secondary N) is 1. The second kappa shape index (κ2) is 8.05. The van der Waals surface area contributed by atoms with E-state index in [2.05, 4.69) is 39.7 Å². The molecule has 0 unspecified atom stereocenters. The second-order valence-electron chi connectivity index (χ2n) is 6.95. The van der Waals surface area contributed by atoms with Crippen molar-refractivity contribution in [2.24, 2.45) is 0 Å². The molecule has 0 fully saturated rings. The average molecular weight is 404 g/mol. The summed E-state index contributed by atoms with van der Waals surface area (Å²) in [5.41, 5.74) is 6.67. The number of carbonyl (C=O) groups is 1. The van der Waals surface area contributed by atoms with Crippen molar-refractivity contribution >= 4 is 29.0 Å². The van der Waals surface area contributed by atoms with Crippen molar-refractivity contribution in [2.75, 3.05) is 11.1 Å². The Hall–Kier alpha value is -3.19. The lowest BCUT2D eigenvalue weighted by molar-refractivity contribution is -0.113. The number of nitrogens with zero attached hydrogens (tertiary/aromatic N) is 4. The molecule has 2 heterocycles. The van der Waals surface area contributed by atoms with Gasteiger partial charge in [0, 0.05) is 11.3 Å². The number of hydrogen-bond donors (Lipinski definition) is 1. The largest absolute Gasteiger partial charge is 0.325 e. The quantitative estimate of drug-likeness (QED) is 0.499. The minimum atomic E-state index is -0.0824. The van der Waals surface area contributed by atoms with Gasteiger partial charge in [-0.1, -0.05) is 59.8 Å². The number of aromatic nitrogens is 4. The fourth-order valence-electron chi connectivity index (χ4n) is 3.30. The van der Waals surface area contributed by atoms with Crippen LogP contribution in [0.25, 0.3) is 16.9 Å². The van der Waals surface area contributed by atoms with E-state index >= 15 is 0 Å². The van der Waals surface area contributed by atoms with Crippen LogP contribution in [0.3, 0.4) is 0 Å². The minimum Gasteiger partial charge on any atom is -0.325 e. The molecule has 7 heteroatoms. The zero-order valence-electron chi connectivity index (χ0n) is 16.5. The lowest BCUT2D eigenvalue weighted by atomic mass is 10.1. The Bertz CT molecular complexity index is 1160. The zero-order valence-corrected chi connectivity index (χ0v) is 17.3. The Morgan fingerprint density at radius 2 is 1.72 bits per heavy atom. The molecule has 0 saturated carbocycles. The predicted molar refractivity (Wildman–Crippen MR) is 116 cm³/mol. The van der Waals surface area contributed by atoms with Crippen molar-refractivity contribution in [1.29, 1.82) is 0 Å². The molecule has 0 radical (unpaired) electrons. The topological polar surface area (TPSA) is 72.2 Å². The molecule has 4 aromatic rings. The van der Waals surface area contributed by atoms with Crippen molar-refractivity contribution < 1.29 is 4.79 Å². The van der Waals surface area contributed by atoms with Crippen LogP contribution in [0.5, 0.6) is 0 Å². The number of benzene rings is 2. The van der Waals surface area contributed by atoms with Gasteiger partial charge in [0.05, 0.1) is 11.4 Å². The molecular weight excluding hydrogens is 382 g/mol. The highest BCUT2D eigenvalue weighted by molar-refractivity contribution is 7.99. The smallest absolute Gasteiger partial charge is 0.234 e. The number of fused-ring (bicyclic) bond motifs is 1. The first-order valence-corrected chi connectivity index (χ1v) is 10.3. The van der Waals surface area contributed by atoms with E-state index in [0.29, 0.717) is 10.8 Å². The van der Waals surface area contributed by atoms with E-state index in [1.807, 2.05) is 56.3 Å². The summed E-state index contributed by atoms with van der Waals surface area (Å²) in [6.07, 6.45) is 0. The van der Waals surface area contributed by atoms with Gasteiger partial charge < -0.3 is 5.32 Å². The maximum Gasteiger partial charge on any atom is 0.234 e. The molecule has 1 amide bonds. The molecule has 146 valence electrons. The normalized spacial score (nSPS) is 11.0. The van der Waals surface area contributed by atoms with Crippen LogP contribution >= 0.6 is 11.8 Å². The molecule has 2 aromatic carbocycles. The van der Waals surface area contributed by atoms with Gasteiger partial charge in [0.1, 0.15) is 0 Å². The molecule has 0 aliphatic carbocycles. The molecule has 0 atom stereocenters. The van der Waals surface area contributed by atoms with Crippen molar-refractivity contribution in [2.45, 2.75) is 25.9 Å². The number of anilines is 1. The van der Waals surface area contributed by atoms with E-state index in [-0.39, 0.29) is 11.7 Å². The number of amides is 1. The standard InChI is InChI=1S/C22H21N5OS/c1-14-11-15(2)21(16(3)12-14)23-20(28)13-29-22-25-24-19-10-9-18(26-27(19)22)17-7-5-4-6-8-17/h4-12H,13H2,1-3H3,(H,23,28). The molecule has 0 aliphatic heterocycles. The summed E-state index contributed by atoms with van der Waals surface area (Å²) in [5.74, 6) is 0.145. The molecule has 2 aromatic heterocycles. The highest BCUT2D eigenvalue weighted by Gasteiger charge is 2.13. The Morgan fingerprint density at radius 3 is 2.45 bits per heavy atom. The van der Waals surface area contributed by atoms with Gasteiger partial charge in [0.15, 0.2) is 5.65 Å². The van der Waals surface area contributed by atoms with Crippen LogP contribution in [0.4, 0.5) is 5.69 Å². The maximum atomic E-state index is 12.5. The summed E-state index contributed by atoms with van der Waals surface area (Å²) in [6.45, 7) is 6.06. The highest BCUT2D eigenvalue weighted by Crippen LogP contribution is 2.24. The summed E-state index contributed by atoms with van der Waals surface area (Å²) in [7, 11) is 0. The van der Waals surface area contributed by atoms with E-state index in [1.165, 1.54) is 17.3 Å². The Kier molecular flexibility index (Phi) is 5.31. The number of hydrogen-bond acceptors (Lipinski definition) is 5. The Balaban J connectivity index is 1.50. The summed E-state index contributed by atoms with van der Waals surface area (Å²) in [5, 5.41) is 16.6. The van der Waals surface area contributed by atoms with Gasteiger partial charge in [0.25, 0.3) is 0 Å². The van der Waals surface area contributed by atoms with Crippen molar-refractivity contribution in [1.82, 2.24) is 19.8 Å². The van der Waals surface area contributed by atoms with Crippen LogP contribution in [0, 0.1) is 20.8 Å². The molecule has 0 aliphatic rings. The average Bonchev–Trinajstić information content (AvgIpc) is 3.12. The molecule has 0 bridgehead atoms. The van der Waals surface area contributed by atoms with Gasteiger partial charge in [-0.05, 0) is 44.0 Å². The fraction of sp³-hybridized carbons (Fsp3) is 0.182. The van der Waals surface area contributed by atoms with Gasteiger partial charge in [0.2, 0.25) is 11.1 Å². The fourth-order valence-corrected chi connectivity index (χ4v) is 3.99. The summed E-state index contributed by atoms with van der Waals surface area (Å²) < 4.78 is 1.68. The second-order valence-corrected chi connectivity index (χ2v) is 7.89. The van der Waals surface area contributed by atoms with Crippen LogP contribution in [0.2, 0.25) is 0 Å². The zero-order chi connectivity index (χ0) is 20.4. The van der Waals surface area contributed by atoms with E-state index in [9.17, 15) is 4.79 Å². The van der Waals surface area contributed by atoms with Crippen molar-refractivity contribution in [3.8, 4) is 11.3 Å². The van der Waals surface area contributed by atoms with Gasteiger partial charge in [-0.25, -0.2) is 0 Å². The van der Waals surface area contributed by atoms with Crippen LogP contribution in [0.1, 0.15) is 16.7 Å². The number of thioether (sulfide) groups is 1. The third kappa shape index (κ3) is 4.14. The number of aryl methyl sites for hydroxylation is 3. The lowest BCUT2D eigenvalue weighted by Crippen LogP contribution is -2.16. The van der Waals surface area contributed by atoms with Crippen molar-refractivity contribution in [3.63, 3.8) is 0 Å². The third-order valence-corrected chi connectivity index (χ3v) is 5.50. The molecule has 0 spiro atoms. The van der Waals surface area contributed by atoms with Gasteiger partial charge in [-0.3, -0.25) is 4.79 Å². The van der Waals surface area contributed by atoms with Gasteiger partial charge in [-0.2, -0.15) is 9.61 Å². The SMILES string of the molecule is Cc1cc(C)c(NC(=O)CSc2nnc3ccc(-c4ccccc4)nn23)c(C)c1. The monoisotopic (exact) mass is 403 g/mol. The summed E-state index contributed by atoms with van der Waals surface area (Å²) in [6, 6.07) is 17.9. The van der Waals surface area contributed by atoms with Crippen molar-refractivity contribution in [3.05, 3.63) is 71.3 Å². The van der Waals surface area contributed by atoms with Crippen LogP contribution in [0.15, 0.2) is 59.8 Å². The van der Waals surface area contributed by atoms with Gasteiger partial charge in [-0.15, -0.1) is 10.2 Å². The first-order chi connectivity index (χ1) is 14.0. The molecule has 4 rings (SSSR count). The Labute approximate surface area is 173 Å². The predicted octanol–water partition coefficient (Wildman–Crippen LogP) is 4.45. The lowest BCUT2D eigenvalue weighted by Gasteiger charge is -2.12. The van der Waals surface area contributed by atoms with Crippen LogP contribution in [-0.4, -0.2) is 31.5 Å². The first-order valence-electron chi connectivity index (χ1n) is 9.29. The molecule has 29 heavy (non-hydrogen) atoms. The van der Waals surface area contributed by atoms with Crippen LogP contribution < -0.4 is 5.32 Å². The first kappa shape index (κ1) is 19.1. The van der Waals surface area contributed by atoms with E-state index in [0.717, 1.165) is 28.1 Å². The van der Waals surface area contributed by atoms with Crippen LogP contribution in [-0.2, 0) is 4.79 Å². The van der Waals surface area contributed by atoms with E-state index in [4.69, 9.17) is 0 Å². The highest BCUT2D eigenvalue weighted by atomic mass is 32.2. The number of carbonyl (C=O) groups excluding carboxylic acids is 1. The summed E-state index contributed by atoms with van der Waals surface area (Å²) >= 11 is 1.32. The molecule has 1 N–H and O–H groups in total.